The molecule has 2 aliphatic rings. The van der Waals surface area contributed by atoms with E-state index in [-0.39, 0.29) is 23.6 Å². The van der Waals surface area contributed by atoms with Gasteiger partial charge in [0.15, 0.2) is 0 Å². The minimum Gasteiger partial charge on any atom is -0.392 e. The fraction of sp³-hybridized carbons (Fsp3) is 0.611. The van der Waals surface area contributed by atoms with Gasteiger partial charge in [0.2, 0.25) is 0 Å². The molecule has 0 spiro atoms. The topological polar surface area (TPSA) is 55.8 Å². The Morgan fingerprint density at radius 3 is 2.70 bits per heavy atom. The predicted octanol–water partition coefficient (Wildman–Crippen LogP) is 1.85. The Hall–Kier alpha value is -1.59. The number of nitrogens with one attached hydrogen (secondary N) is 1. The lowest BCUT2D eigenvalue weighted by Crippen LogP contribution is -2.57. The zero-order valence-corrected chi connectivity index (χ0v) is 14.0. The third-order valence-corrected chi connectivity index (χ3v) is 5.12. The van der Waals surface area contributed by atoms with Crippen LogP contribution in [0, 0.1) is 5.41 Å². The van der Waals surface area contributed by atoms with Crippen LogP contribution in [0.15, 0.2) is 30.3 Å². The maximum Gasteiger partial charge on any atom is 0.320 e. The lowest BCUT2D eigenvalue weighted by molar-refractivity contribution is -0.0184. The van der Waals surface area contributed by atoms with Crippen LogP contribution in [0.1, 0.15) is 31.9 Å². The minimum atomic E-state index is -0.334. The molecule has 23 heavy (non-hydrogen) atoms. The van der Waals surface area contributed by atoms with E-state index in [1.165, 1.54) is 5.56 Å². The predicted molar refractivity (Wildman–Crippen MR) is 90.1 cm³/mol. The van der Waals surface area contributed by atoms with E-state index in [2.05, 4.69) is 17.4 Å². The Bertz CT molecular complexity index is 546. The zero-order chi connectivity index (χ0) is 16.4. The lowest BCUT2D eigenvalue weighted by atomic mass is 9.81. The number of piperazine rings is 1. The van der Waals surface area contributed by atoms with Crippen LogP contribution in [-0.4, -0.2) is 59.8 Å². The summed E-state index contributed by atoms with van der Waals surface area (Å²) in [6.45, 7) is 7.64. The quantitative estimate of drug-likeness (QED) is 0.831. The first-order valence-electron chi connectivity index (χ1n) is 8.48. The molecule has 0 bridgehead atoms. The highest BCUT2D eigenvalue weighted by molar-refractivity contribution is 5.75. The molecule has 5 nitrogen and oxygen atoms in total. The number of aliphatic hydroxyl groups excluding tert-OH is 1. The molecule has 0 radical (unpaired) electrons. The van der Waals surface area contributed by atoms with Gasteiger partial charge in [-0.15, -0.1) is 0 Å². The summed E-state index contributed by atoms with van der Waals surface area (Å²) in [4.78, 5) is 17.0. The number of hydrogen-bond acceptors (Lipinski definition) is 3. The van der Waals surface area contributed by atoms with Crippen molar-refractivity contribution < 1.29 is 9.90 Å². The number of nitrogens with zero attached hydrogens (tertiary/aromatic N) is 2. The van der Waals surface area contributed by atoms with Gasteiger partial charge < -0.3 is 20.2 Å². The SMILES string of the molecule is CC1(C)CN(C(=O)N2CCNC[C@H]2c2ccccc2)CC[C@@H]1O. The fourth-order valence-corrected chi connectivity index (χ4v) is 3.60. The van der Waals surface area contributed by atoms with Crippen molar-refractivity contribution >= 4 is 6.03 Å². The molecule has 0 unspecified atom stereocenters. The number of rotatable bonds is 1. The molecule has 0 aromatic heterocycles. The van der Waals surface area contributed by atoms with Gasteiger partial charge >= 0.3 is 6.03 Å². The molecule has 2 atom stereocenters. The average molecular weight is 317 g/mol. The Kier molecular flexibility index (Phi) is 4.60. The van der Waals surface area contributed by atoms with Crippen molar-refractivity contribution in [2.75, 3.05) is 32.7 Å². The molecule has 5 heteroatoms. The number of likely N-dealkylation sites (tertiary alicyclic amines) is 1. The Labute approximate surface area is 138 Å². The number of urea groups is 1. The van der Waals surface area contributed by atoms with Gasteiger partial charge in [0.1, 0.15) is 0 Å². The number of carbonyl (C=O) groups is 1. The van der Waals surface area contributed by atoms with E-state index >= 15 is 0 Å². The van der Waals surface area contributed by atoms with Crippen LogP contribution in [0.3, 0.4) is 0 Å². The second-order valence-electron chi connectivity index (χ2n) is 7.32. The van der Waals surface area contributed by atoms with Crippen LogP contribution in [0.25, 0.3) is 0 Å². The summed E-state index contributed by atoms with van der Waals surface area (Å²) in [6.07, 6.45) is 0.320. The third-order valence-electron chi connectivity index (χ3n) is 5.12. The minimum absolute atomic E-state index is 0.0763. The summed E-state index contributed by atoms with van der Waals surface area (Å²) in [6, 6.07) is 10.4. The maximum absolute atomic E-state index is 13.1. The molecule has 1 aromatic carbocycles. The zero-order valence-electron chi connectivity index (χ0n) is 14.0. The van der Waals surface area contributed by atoms with E-state index in [1.54, 1.807) is 0 Å². The molecule has 0 aliphatic carbocycles. The smallest absolute Gasteiger partial charge is 0.320 e. The summed E-state index contributed by atoms with van der Waals surface area (Å²) >= 11 is 0. The van der Waals surface area contributed by atoms with Crippen molar-refractivity contribution in [3.8, 4) is 0 Å². The van der Waals surface area contributed by atoms with Gasteiger partial charge in [0.25, 0.3) is 0 Å². The van der Waals surface area contributed by atoms with Crippen molar-refractivity contribution in [1.82, 2.24) is 15.1 Å². The number of amides is 2. The molecular weight excluding hydrogens is 290 g/mol. The van der Waals surface area contributed by atoms with Crippen LogP contribution in [0.4, 0.5) is 4.79 Å². The largest absolute Gasteiger partial charge is 0.392 e. The summed E-state index contributed by atoms with van der Waals surface area (Å²) in [5.74, 6) is 0. The standard InChI is InChI=1S/C18H27N3O2/c1-18(2)13-20(10-8-16(18)22)17(23)21-11-9-19-12-15(21)14-6-4-3-5-7-14/h3-7,15-16,19,22H,8-13H2,1-2H3/t15-,16-/m0/s1. The Morgan fingerprint density at radius 1 is 1.26 bits per heavy atom. The van der Waals surface area contributed by atoms with Crippen molar-refractivity contribution in [1.29, 1.82) is 0 Å². The van der Waals surface area contributed by atoms with Crippen molar-refractivity contribution in [3.05, 3.63) is 35.9 Å². The monoisotopic (exact) mass is 317 g/mol. The second kappa shape index (κ2) is 6.49. The number of carbonyl (C=O) groups excluding carboxylic acids is 1. The van der Waals surface area contributed by atoms with E-state index in [0.29, 0.717) is 19.5 Å². The molecule has 126 valence electrons. The van der Waals surface area contributed by atoms with E-state index in [9.17, 15) is 9.90 Å². The fourth-order valence-electron chi connectivity index (χ4n) is 3.60. The summed E-state index contributed by atoms with van der Waals surface area (Å²) in [5.41, 5.74) is 0.925. The summed E-state index contributed by atoms with van der Waals surface area (Å²) in [5, 5.41) is 13.5. The van der Waals surface area contributed by atoms with Crippen LogP contribution < -0.4 is 5.32 Å². The molecule has 2 heterocycles. The highest BCUT2D eigenvalue weighted by Crippen LogP contribution is 2.31. The molecule has 2 N–H and O–H groups in total. The number of aliphatic hydroxyl groups is 1. The van der Waals surface area contributed by atoms with E-state index < -0.39 is 0 Å². The number of hydrogen-bond donors (Lipinski definition) is 2. The molecular formula is C18H27N3O2. The van der Waals surface area contributed by atoms with E-state index in [0.717, 1.165) is 19.6 Å². The molecule has 1 aromatic rings. The normalized spacial score (nSPS) is 27.8. The van der Waals surface area contributed by atoms with Crippen LogP contribution in [-0.2, 0) is 0 Å². The first-order chi connectivity index (χ1) is 11.0. The van der Waals surface area contributed by atoms with Crippen molar-refractivity contribution in [2.45, 2.75) is 32.4 Å². The molecule has 2 saturated heterocycles. The first-order valence-corrected chi connectivity index (χ1v) is 8.48. The number of benzene rings is 1. The molecule has 3 rings (SSSR count). The number of piperidine rings is 1. The van der Waals surface area contributed by atoms with E-state index in [4.69, 9.17) is 0 Å². The summed E-state index contributed by atoms with van der Waals surface area (Å²) in [7, 11) is 0. The van der Waals surface area contributed by atoms with Gasteiger partial charge in [0.05, 0.1) is 12.1 Å². The van der Waals surface area contributed by atoms with Crippen molar-refractivity contribution in [2.24, 2.45) is 5.41 Å². The molecule has 2 fully saturated rings. The third kappa shape index (κ3) is 3.35. The van der Waals surface area contributed by atoms with Crippen LogP contribution in [0.5, 0.6) is 0 Å². The molecule has 2 aliphatic heterocycles. The van der Waals surface area contributed by atoms with Gasteiger partial charge in [-0.2, -0.15) is 0 Å². The molecule has 2 amide bonds. The first kappa shape index (κ1) is 16.3. The van der Waals surface area contributed by atoms with E-state index in [1.807, 2.05) is 41.8 Å². The molecule has 0 saturated carbocycles. The van der Waals surface area contributed by atoms with Crippen molar-refractivity contribution in [3.63, 3.8) is 0 Å². The Morgan fingerprint density at radius 2 is 2.00 bits per heavy atom. The Balaban J connectivity index is 1.77. The highest BCUT2D eigenvalue weighted by Gasteiger charge is 2.39. The van der Waals surface area contributed by atoms with Gasteiger partial charge in [-0.25, -0.2) is 4.79 Å². The maximum atomic E-state index is 13.1. The average Bonchev–Trinajstić information content (AvgIpc) is 2.57. The van der Waals surface area contributed by atoms with Crippen LogP contribution >= 0.6 is 0 Å². The second-order valence-corrected chi connectivity index (χ2v) is 7.32. The lowest BCUT2D eigenvalue weighted by Gasteiger charge is -2.45. The van der Waals surface area contributed by atoms with Gasteiger partial charge in [0, 0.05) is 38.1 Å². The van der Waals surface area contributed by atoms with Gasteiger partial charge in [-0.05, 0) is 12.0 Å². The summed E-state index contributed by atoms with van der Waals surface area (Å²) < 4.78 is 0. The van der Waals surface area contributed by atoms with Gasteiger partial charge in [-0.1, -0.05) is 44.2 Å². The highest BCUT2D eigenvalue weighted by atomic mass is 16.3. The van der Waals surface area contributed by atoms with Gasteiger partial charge in [-0.3, -0.25) is 0 Å². The van der Waals surface area contributed by atoms with Crippen LogP contribution in [0.2, 0.25) is 0 Å².